The molecular weight excluding hydrogens is 300 g/mol. The Morgan fingerprint density at radius 2 is 2.19 bits per heavy atom. The van der Waals surface area contributed by atoms with Gasteiger partial charge in [-0.3, -0.25) is 4.98 Å². The summed E-state index contributed by atoms with van der Waals surface area (Å²) in [5.41, 5.74) is -0.463. The second-order valence-corrected chi connectivity index (χ2v) is 5.03. The fourth-order valence-electron chi connectivity index (χ4n) is 2.33. The van der Waals surface area contributed by atoms with Crippen LogP contribution in [0, 0.1) is 4.64 Å². The quantitative estimate of drug-likeness (QED) is 0.490. The van der Waals surface area contributed by atoms with Crippen LogP contribution in [0.1, 0.15) is 6.23 Å². The van der Waals surface area contributed by atoms with Gasteiger partial charge in [-0.25, -0.2) is 19.3 Å². The Labute approximate surface area is 122 Å². The van der Waals surface area contributed by atoms with E-state index >= 15 is 0 Å². The molecule has 0 radical (unpaired) electrons. The van der Waals surface area contributed by atoms with Gasteiger partial charge in [0.2, 0.25) is 0 Å². The number of aliphatic hydroxyl groups excluding tert-OH is 3. The van der Waals surface area contributed by atoms with E-state index in [0.717, 1.165) is 4.57 Å². The molecule has 0 saturated carbocycles. The Morgan fingerprint density at radius 1 is 1.43 bits per heavy atom. The highest BCUT2D eigenvalue weighted by Gasteiger charge is 2.44. The first-order valence-electron chi connectivity index (χ1n) is 6.11. The van der Waals surface area contributed by atoms with E-state index in [9.17, 15) is 15.0 Å². The number of hydrogen-bond donors (Lipinski definition) is 4. The third-order valence-electron chi connectivity index (χ3n) is 3.37. The lowest BCUT2D eigenvalue weighted by molar-refractivity contribution is -0.0530. The van der Waals surface area contributed by atoms with E-state index < -0.39 is 36.8 Å². The summed E-state index contributed by atoms with van der Waals surface area (Å²) in [6, 6.07) is 0. The Hall–Kier alpha value is -1.72. The zero-order chi connectivity index (χ0) is 15.1. The van der Waals surface area contributed by atoms with Crippen LogP contribution in [-0.4, -0.2) is 59.8 Å². The standard InChI is InChI=1S/C11H12N4O5S/c16-2-5-6(17)7(18)10(20-5)15-8-4(1-12-3-13-8)9(21)14-11(15)19/h1,3,5-7,10,16-18H,2H2,(H,14,19,21)/t5-,6-,7-,10-/m1/s1. The molecule has 0 bridgehead atoms. The van der Waals surface area contributed by atoms with Crippen molar-refractivity contribution < 1.29 is 20.1 Å². The minimum absolute atomic E-state index is 0.165. The lowest BCUT2D eigenvalue weighted by Crippen LogP contribution is -2.36. The molecule has 10 heteroatoms. The van der Waals surface area contributed by atoms with E-state index in [0.29, 0.717) is 5.39 Å². The van der Waals surface area contributed by atoms with E-state index in [2.05, 4.69) is 15.0 Å². The van der Waals surface area contributed by atoms with Crippen LogP contribution in [0.5, 0.6) is 0 Å². The molecule has 0 spiro atoms. The van der Waals surface area contributed by atoms with Crippen molar-refractivity contribution in [2.24, 2.45) is 0 Å². The number of H-pyrrole nitrogens is 1. The molecule has 1 saturated heterocycles. The zero-order valence-electron chi connectivity index (χ0n) is 10.6. The zero-order valence-corrected chi connectivity index (χ0v) is 11.4. The molecule has 4 atom stereocenters. The van der Waals surface area contributed by atoms with E-state index in [1.165, 1.54) is 12.5 Å². The summed E-state index contributed by atoms with van der Waals surface area (Å²) < 4.78 is 6.57. The second kappa shape index (κ2) is 5.24. The normalized spacial score (nSPS) is 29.1. The number of aromatic nitrogens is 4. The second-order valence-electron chi connectivity index (χ2n) is 4.62. The van der Waals surface area contributed by atoms with Crippen LogP contribution in [0.2, 0.25) is 0 Å². The van der Waals surface area contributed by atoms with Gasteiger partial charge in [-0.05, 0) is 0 Å². The lowest BCUT2D eigenvalue weighted by atomic mass is 10.1. The highest BCUT2D eigenvalue weighted by molar-refractivity contribution is 7.71. The number of nitrogens with one attached hydrogen (secondary N) is 1. The molecule has 1 aliphatic rings. The molecule has 9 nitrogen and oxygen atoms in total. The van der Waals surface area contributed by atoms with Crippen LogP contribution in [0.3, 0.4) is 0 Å². The molecule has 4 N–H and O–H groups in total. The molecule has 3 heterocycles. The summed E-state index contributed by atoms with van der Waals surface area (Å²) in [4.78, 5) is 22.4. The van der Waals surface area contributed by atoms with Crippen LogP contribution < -0.4 is 5.69 Å². The fourth-order valence-corrected chi connectivity index (χ4v) is 2.56. The van der Waals surface area contributed by atoms with Crippen molar-refractivity contribution >= 4 is 23.3 Å². The highest BCUT2D eigenvalue weighted by atomic mass is 32.1. The topological polar surface area (TPSA) is 133 Å². The highest BCUT2D eigenvalue weighted by Crippen LogP contribution is 2.29. The van der Waals surface area contributed by atoms with Gasteiger partial charge in [-0.15, -0.1) is 0 Å². The van der Waals surface area contributed by atoms with Crippen molar-refractivity contribution in [1.82, 2.24) is 19.5 Å². The van der Waals surface area contributed by atoms with Gasteiger partial charge in [-0.2, -0.15) is 0 Å². The predicted molar refractivity (Wildman–Crippen MR) is 72.0 cm³/mol. The average Bonchev–Trinajstić information content (AvgIpc) is 2.75. The summed E-state index contributed by atoms with van der Waals surface area (Å²) in [7, 11) is 0. The van der Waals surface area contributed by atoms with Crippen molar-refractivity contribution in [2.45, 2.75) is 24.5 Å². The van der Waals surface area contributed by atoms with Gasteiger partial charge in [0.05, 0.1) is 12.0 Å². The van der Waals surface area contributed by atoms with E-state index in [1.807, 2.05) is 0 Å². The Morgan fingerprint density at radius 3 is 2.86 bits per heavy atom. The van der Waals surface area contributed by atoms with Gasteiger partial charge >= 0.3 is 5.69 Å². The third kappa shape index (κ3) is 2.17. The first-order valence-corrected chi connectivity index (χ1v) is 6.52. The number of hydrogen-bond acceptors (Lipinski definition) is 8. The third-order valence-corrected chi connectivity index (χ3v) is 3.70. The first kappa shape index (κ1) is 14.2. The summed E-state index contributed by atoms with van der Waals surface area (Å²) in [6.45, 7) is -0.487. The Kier molecular flexibility index (Phi) is 3.55. The van der Waals surface area contributed by atoms with E-state index in [4.69, 9.17) is 22.1 Å². The van der Waals surface area contributed by atoms with Crippen molar-refractivity contribution in [3.63, 3.8) is 0 Å². The van der Waals surface area contributed by atoms with Gasteiger partial charge in [0.15, 0.2) is 11.9 Å². The number of ether oxygens (including phenoxy) is 1. The summed E-state index contributed by atoms with van der Waals surface area (Å²) in [5.74, 6) is 0. The SMILES string of the molecule is O=c1[nH]c(=S)c2cncnc2n1[C@@H]1O[C@H](CO)[C@@H](O)[C@H]1O. The van der Waals surface area contributed by atoms with Gasteiger partial charge in [0.1, 0.15) is 29.3 Å². The van der Waals surface area contributed by atoms with Crippen LogP contribution >= 0.6 is 12.2 Å². The van der Waals surface area contributed by atoms with Crippen molar-refractivity contribution in [3.8, 4) is 0 Å². The van der Waals surface area contributed by atoms with Crippen molar-refractivity contribution in [3.05, 3.63) is 27.6 Å². The maximum Gasteiger partial charge on any atom is 0.330 e. The van der Waals surface area contributed by atoms with Crippen molar-refractivity contribution in [1.29, 1.82) is 0 Å². The van der Waals surface area contributed by atoms with Crippen LogP contribution in [0.4, 0.5) is 0 Å². The van der Waals surface area contributed by atoms with Crippen molar-refractivity contribution in [2.75, 3.05) is 6.61 Å². The minimum atomic E-state index is -1.39. The Balaban J connectivity index is 2.22. The smallest absolute Gasteiger partial charge is 0.330 e. The number of nitrogens with zero attached hydrogens (tertiary/aromatic N) is 3. The number of fused-ring (bicyclic) bond motifs is 1. The molecule has 3 rings (SSSR count). The molecule has 0 aromatic carbocycles. The summed E-state index contributed by atoms with van der Waals surface area (Å²) >= 11 is 5.03. The molecular formula is C11H12N4O5S. The van der Waals surface area contributed by atoms with Crippen LogP contribution in [-0.2, 0) is 4.74 Å². The number of aliphatic hydroxyl groups is 3. The maximum atomic E-state index is 12.1. The maximum absolute atomic E-state index is 12.1. The predicted octanol–water partition coefficient (Wildman–Crippen LogP) is -1.54. The molecule has 1 aliphatic heterocycles. The molecule has 112 valence electrons. The molecule has 1 fully saturated rings. The fraction of sp³-hybridized carbons (Fsp3) is 0.455. The van der Waals surface area contributed by atoms with E-state index in [1.54, 1.807) is 0 Å². The van der Waals surface area contributed by atoms with E-state index in [-0.39, 0.29) is 10.3 Å². The van der Waals surface area contributed by atoms with Gasteiger partial charge in [0.25, 0.3) is 0 Å². The first-order chi connectivity index (χ1) is 10.0. The summed E-state index contributed by atoms with van der Waals surface area (Å²) in [5, 5.41) is 29.3. The molecule has 2 aromatic heterocycles. The molecule has 2 aromatic rings. The van der Waals surface area contributed by atoms with Gasteiger partial charge < -0.3 is 20.1 Å². The molecule has 0 aliphatic carbocycles. The average molecular weight is 312 g/mol. The van der Waals surface area contributed by atoms with Crippen LogP contribution in [0.25, 0.3) is 11.0 Å². The van der Waals surface area contributed by atoms with Gasteiger partial charge in [-0.1, -0.05) is 12.2 Å². The lowest BCUT2D eigenvalue weighted by Gasteiger charge is -2.18. The largest absolute Gasteiger partial charge is 0.394 e. The minimum Gasteiger partial charge on any atom is -0.394 e. The monoisotopic (exact) mass is 312 g/mol. The Bertz CT molecular complexity index is 790. The van der Waals surface area contributed by atoms with Crippen LogP contribution in [0.15, 0.2) is 17.3 Å². The molecule has 21 heavy (non-hydrogen) atoms. The summed E-state index contributed by atoms with van der Waals surface area (Å²) in [6.07, 6.45) is -2.22. The van der Waals surface area contributed by atoms with Gasteiger partial charge in [0, 0.05) is 6.20 Å². The molecule has 0 unspecified atom stereocenters. The number of rotatable bonds is 2. The molecule has 0 amide bonds. The number of aromatic amines is 1.